The Morgan fingerprint density at radius 2 is 2.32 bits per heavy atom. The van der Waals surface area contributed by atoms with E-state index in [1.165, 1.54) is 0 Å². The Morgan fingerprint density at radius 1 is 1.53 bits per heavy atom. The van der Waals surface area contributed by atoms with Crippen LogP contribution in [0.4, 0.5) is 0 Å². The van der Waals surface area contributed by atoms with Crippen LogP contribution in [0.25, 0.3) is 0 Å². The van der Waals surface area contributed by atoms with Gasteiger partial charge in [0.25, 0.3) is 0 Å². The van der Waals surface area contributed by atoms with Gasteiger partial charge in [0.1, 0.15) is 0 Å². The first-order chi connectivity index (χ1) is 9.17. The predicted molar refractivity (Wildman–Crippen MR) is 71.5 cm³/mol. The van der Waals surface area contributed by atoms with E-state index in [1.807, 2.05) is 11.9 Å². The van der Waals surface area contributed by atoms with Gasteiger partial charge < -0.3 is 9.64 Å². The maximum atomic E-state index is 12.1. The molecule has 5 nitrogen and oxygen atoms in total. The van der Waals surface area contributed by atoms with Crippen molar-refractivity contribution < 1.29 is 9.53 Å². The number of carbonyl (C=O) groups excluding carboxylic acids is 1. The van der Waals surface area contributed by atoms with Gasteiger partial charge in [-0.1, -0.05) is 0 Å². The van der Waals surface area contributed by atoms with Gasteiger partial charge in [0.05, 0.1) is 12.6 Å². The van der Waals surface area contributed by atoms with Crippen LogP contribution in [-0.4, -0.2) is 42.8 Å². The van der Waals surface area contributed by atoms with Crippen molar-refractivity contribution in [3.8, 4) is 12.3 Å². The van der Waals surface area contributed by atoms with Gasteiger partial charge in [-0.25, -0.2) is 0 Å². The normalized spacial score (nSPS) is 23.7. The first-order valence-corrected chi connectivity index (χ1v) is 6.88. The third kappa shape index (κ3) is 3.77. The Balaban J connectivity index is 1.73. The second kappa shape index (κ2) is 6.16. The fourth-order valence-corrected chi connectivity index (χ4v) is 2.38. The molecule has 2 aliphatic heterocycles. The Kier molecular flexibility index (Phi) is 4.54. The van der Waals surface area contributed by atoms with Gasteiger partial charge in [0, 0.05) is 39.3 Å². The van der Waals surface area contributed by atoms with Crippen LogP contribution in [0.2, 0.25) is 0 Å². The number of ether oxygens (including phenoxy) is 1. The Hall–Kier alpha value is -1.41. The summed E-state index contributed by atoms with van der Waals surface area (Å²) in [5, 5.41) is 8.10. The van der Waals surface area contributed by atoms with Crippen molar-refractivity contribution in [1.82, 2.24) is 4.90 Å². The Bertz CT molecular complexity index is 388. The highest BCUT2D eigenvalue weighted by Crippen LogP contribution is 2.37. The maximum Gasteiger partial charge on any atom is 0.222 e. The number of rotatable bonds is 6. The summed E-state index contributed by atoms with van der Waals surface area (Å²) in [6.07, 6.45) is 9.86. The molecule has 0 aromatic rings. The van der Waals surface area contributed by atoms with E-state index in [9.17, 15) is 4.79 Å². The van der Waals surface area contributed by atoms with E-state index in [0.29, 0.717) is 25.9 Å². The monoisotopic (exact) mass is 263 g/mol. The molecule has 1 atom stereocenters. The largest absolute Gasteiger partial charge is 0.379 e. The molecule has 1 unspecified atom stereocenters. The number of hydrogen-bond donors (Lipinski definition) is 0. The second-order valence-corrected chi connectivity index (χ2v) is 5.26. The number of likely N-dealkylation sites (N-methyl/N-ethyl adjacent to an activating group) is 1. The molecule has 2 heterocycles. The zero-order valence-electron chi connectivity index (χ0n) is 11.5. The maximum absolute atomic E-state index is 12.1. The smallest absolute Gasteiger partial charge is 0.222 e. The third-order valence-electron chi connectivity index (χ3n) is 3.87. The van der Waals surface area contributed by atoms with Crippen LogP contribution in [0, 0.1) is 12.3 Å². The lowest BCUT2D eigenvalue weighted by Gasteiger charge is -2.31. The van der Waals surface area contributed by atoms with Gasteiger partial charge in [0.2, 0.25) is 5.91 Å². The van der Waals surface area contributed by atoms with Crippen LogP contribution in [0.3, 0.4) is 0 Å². The van der Waals surface area contributed by atoms with Crippen LogP contribution in [-0.2, 0) is 9.53 Å². The lowest BCUT2D eigenvalue weighted by molar-refractivity contribution is -0.134. The zero-order valence-corrected chi connectivity index (χ0v) is 11.5. The summed E-state index contributed by atoms with van der Waals surface area (Å²) in [6.45, 7) is 1.46. The molecule has 19 heavy (non-hydrogen) atoms. The summed E-state index contributed by atoms with van der Waals surface area (Å²) in [7, 11) is 1.86. The highest BCUT2D eigenvalue weighted by Gasteiger charge is 2.39. The molecule has 5 heteroatoms. The molecule has 0 radical (unpaired) electrons. The van der Waals surface area contributed by atoms with Gasteiger partial charge in [-0.15, -0.1) is 12.3 Å². The van der Waals surface area contributed by atoms with E-state index >= 15 is 0 Å². The predicted octanol–water partition coefficient (Wildman–Crippen LogP) is 1.98. The van der Waals surface area contributed by atoms with E-state index in [2.05, 4.69) is 16.1 Å². The van der Waals surface area contributed by atoms with Gasteiger partial charge in [0.15, 0.2) is 5.66 Å². The zero-order chi connectivity index (χ0) is 13.7. The van der Waals surface area contributed by atoms with Crippen molar-refractivity contribution in [2.75, 3.05) is 20.3 Å². The topological polar surface area (TPSA) is 54.3 Å². The van der Waals surface area contributed by atoms with Crippen molar-refractivity contribution in [3.63, 3.8) is 0 Å². The summed E-state index contributed by atoms with van der Waals surface area (Å²) < 4.78 is 5.41. The number of amides is 1. The molecule has 2 rings (SSSR count). The van der Waals surface area contributed by atoms with Crippen molar-refractivity contribution >= 4 is 5.91 Å². The quantitative estimate of drug-likeness (QED) is 0.688. The number of terminal acetylenes is 1. The van der Waals surface area contributed by atoms with Crippen molar-refractivity contribution in [2.45, 2.75) is 50.2 Å². The molecule has 0 bridgehead atoms. The number of carbonyl (C=O) groups is 1. The van der Waals surface area contributed by atoms with Gasteiger partial charge in [-0.05, 0) is 12.8 Å². The summed E-state index contributed by atoms with van der Waals surface area (Å²) in [5.74, 6) is 2.74. The summed E-state index contributed by atoms with van der Waals surface area (Å²) in [4.78, 5) is 14.0. The minimum absolute atomic E-state index is 0.146. The molecule has 104 valence electrons. The van der Waals surface area contributed by atoms with Crippen LogP contribution in [0.1, 0.15) is 38.5 Å². The molecular formula is C14H21N3O2. The van der Waals surface area contributed by atoms with Crippen molar-refractivity contribution in [2.24, 2.45) is 10.2 Å². The molecule has 0 aromatic heterocycles. The van der Waals surface area contributed by atoms with Gasteiger partial charge in [-0.3, -0.25) is 4.79 Å². The van der Waals surface area contributed by atoms with E-state index in [0.717, 1.165) is 25.9 Å². The standard InChI is InChI=1S/C14H21N3O2/c1-3-4-8-14(15-16-14)9-7-13(18)17(2)12-6-5-10-19-11-12/h1,12H,4-11H2,2H3. The van der Waals surface area contributed by atoms with E-state index in [-0.39, 0.29) is 17.6 Å². The summed E-state index contributed by atoms with van der Waals surface area (Å²) >= 11 is 0. The highest BCUT2D eigenvalue weighted by atomic mass is 16.5. The van der Waals surface area contributed by atoms with E-state index < -0.39 is 0 Å². The molecular weight excluding hydrogens is 242 g/mol. The van der Waals surface area contributed by atoms with Gasteiger partial charge in [-0.2, -0.15) is 10.2 Å². The van der Waals surface area contributed by atoms with E-state index in [4.69, 9.17) is 11.2 Å². The molecule has 0 aliphatic carbocycles. The van der Waals surface area contributed by atoms with Crippen LogP contribution in [0.5, 0.6) is 0 Å². The molecule has 0 aromatic carbocycles. The fourth-order valence-electron chi connectivity index (χ4n) is 2.38. The second-order valence-electron chi connectivity index (χ2n) is 5.26. The lowest BCUT2D eigenvalue weighted by Crippen LogP contribution is -2.42. The lowest BCUT2D eigenvalue weighted by atomic mass is 10.0. The number of nitrogens with zero attached hydrogens (tertiary/aromatic N) is 3. The molecule has 0 spiro atoms. The fraction of sp³-hybridized carbons (Fsp3) is 0.786. The molecule has 0 N–H and O–H groups in total. The van der Waals surface area contributed by atoms with Crippen LogP contribution < -0.4 is 0 Å². The minimum atomic E-state index is -0.355. The Morgan fingerprint density at radius 3 is 2.89 bits per heavy atom. The van der Waals surface area contributed by atoms with Crippen LogP contribution >= 0.6 is 0 Å². The first kappa shape index (κ1) is 14.0. The van der Waals surface area contributed by atoms with Gasteiger partial charge >= 0.3 is 0 Å². The summed E-state index contributed by atoms with van der Waals surface area (Å²) in [5.41, 5.74) is -0.355. The third-order valence-corrected chi connectivity index (χ3v) is 3.87. The van der Waals surface area contributed by atoms with Crippen LogP contribution in [0.15, 0.2) is 10.2 Å². The minimum Gasteiger partial charge on any atom is -0.379 e. The van der Waals surface area contributed by atoms with E-state index in [1.54, 1.807) is 0 Å². The molecule has 0 saturated carbocycles. The molecule has 1 saturated heterocycles. The highest BCUT2D eigenvalue weighted by molar-refractivity contribution is 5.76. The Labute approximate surface area is 114 Å². The average Bonchev–Trinajstić information content (AvgIpc) is 3.23. The number of hydrogen-bond acceptors (Lipinski definition) is 4. The van der Waals surface area contributed by atoms with Crippen molar-refractivity contribution in [3.05, 3.63) is 0 Å². The molecule has 1 amide bonds. The first-order valence-electron chi connectivity index (χ1n) is 6.88. The van der Waals surface area contributed by atoms with Crippen molar-refractivity contribution in [1.29, 1.82) is 0 Å². The SMILES string of the molecule is C#CCCC1(CCC(=O)N(C)C2CCCOC2)N=N1. The average molecular weight is 263 g/mol. The molecule has 2 aliphatic rings. The summed E-state index contributed by atoms with van der Waals surface area (Å²) in [6, 6.07) is 0.219. The molecule has 1 fully saturated rings.